The highest BCUT2D eigenvalue weighted by atomic mass is 19.1. The lowest BCUT2D eigenvalue weighted by Crippen LogP contribution is -2.27. The fourth-order valence-electron chi connectivity index (χ4n) is 1.63. The Labute approximate surface area is 105 Å². The molecule has 1 unspecified atom stereocenters. The van der Waals surface area contributed by atoms with Gasteiger partial charge in [0.25, 0.3) is 0 Å². The van der Waals surface area contributed by atoms with E-state index in [1.807, 2.05) is 30.3 Å². The summed E-state index contributed by atoms with van der Waals surface area (Å²) in [5, 5.41) is 12.3. The molecule has 0 amide bonds. The van der Waals surface area contributed by atoms with Crippen LogP contribution < -0.4 is 5.32 Å². The first kappa shape index (κ1) is 12.4. The molecule has 1 aromatic heterocycles. The molecule has 0 aliphatic heterocycles. The third-order valence-electron chi connectivity index (χ3n) is 2.50. The van der Waals surface area contributed by atoms with Gasteiger partial charge in [0.05, 0.1) is 25.0 Å². The maximum Gasteiger partial charge on any atom is 0.223 e. The molecule has 0 aliphatic rings. The molecule has 2 N–H and O–H groups in total. The summed E-state index contributed by atoms with van der Waals surface area (Å²) in [5.74, 6) is -0.171. The van der Waals surface area contributed by atoms with Crippen molar-refractivity contribution in [1.29, 1.82) is 0 Å². The Morgan fingerprint density at radius 1 is 1.17 bits per heavy atom. The van der Waals surface area contributed by atoms with Gasteiger partial charge in [0.1, 0.15) is 0 Å². The van der Waals surface area contributed by atoms with Crippen molar-refractivity contribution >= 4 is 5.95 Å². The van der Waals surface area contributed by atoms with Crippen molar-refractivity contribution < 1.29 is 9.50 Å². The lowest BCUT2D eigenvalue weighted by molar-refractivity contribution is 0.273. The molecule has 2 rings (SSSR count). The van der Waals surface area contributed by atoms with E-state index in [-0.39, 0.29) is 12.6 Å². The molecular formula is C13H14FN3O. The molecule has 4 nitrogen and oxygen atoms in total. The van der Waals surface area contributed by atoms with E-state index < -0.39 is 5.82 Å². The summed E-state index contributed by atoms with van der Waals surface area (Å²) in [6.07, 6.45) is 2.83. The molecule has 1 heterocycles. The van der Waals surface area contributed by atoms with E-state index in [1.165, 1.54) is 0 Å². The Morgan fingerprint density at radius 2 is 1.83 bits per heavy atom. The van der Waals surface area contributed by atoms with Crippen molar-refractivity contribution in [3.05, 3.63) is 54.1 Å². The second kappa shape index (κ2) is 6.07. The van der Waals surface area contributed by atoms with Gasteiger partial charge in [-0.05, 0) is 12.0 Å². The van der Waals surface area contributed by atoms with Gasteiger partial charge in [0.15, 0.2) is 5.82 Å². The lowest BCUT2D eigenvalue weighted by Gasteiger charge is -2.15. The highest BCUT2D eigenvalue weighted by Crippen LogP contribution is 2.07. The number of benzene rings is 1. The average Bonchev–Trinajstić information content (AvgIpc) is 2.41. The maximum atomic E-state index is 12.7. The van der Waals surface area contributed by atoms with Crippen LogP contribution >= 0.6 is 0 Å². The zero-order chi connectivity index (χ0) is 12.8. The molecule has 5 heteroatoms. The van der Waals surface area contributed by atoms with Crippen molar-refractivity contribution in [2.45, 2.75) is 12.5 Å². The first-order valence-corrected chi connectivity index (χ1v) is 5.67. The van der Waals surface area contributed by atoms with Gasteiger partial charge < -0.3 is 10.4 Å². The Bertz CT molecular complexity index is 475. The second-order valence-electron chi connectivity index (χ2n) is 3.94. The molecule has 0 radical (unpaired) electrons. The smallest absolute Gasteiger partial charge is 0.223 e. The van der Waals surface area contributed by atoms with E-state index in [1.54, 1.807) is 0 Å². The van der Waals surface area contributed by atoms with Crippen LogP contribution in [0.4, 0.5) is 10.3 Å². The van der Waals surface area contributed by atoms with Gasteiger partial charge >= 0.3 is 0 Å². The zero-order valence-corrected chi connectivity index (χ0v) is 9.75. The summed E-state index contributed by atoms with van der Waals surface area (Å²) in [4.78, 5) is 7.60. The minimum Gasteiger partial charge on any atom is -0.394 e. The maximum absolute atomic E-state index is 12.7. The van der Waals surface area contributed by atoms with Gasteiger partial charge in [0.2, 0.25) is 5.95 Å². The predicted molar refractivity (Wildman–Crippen MR) is 66.6 cm³/mol. The Hall–Kier alpha value is -2.01. The summed E-state index contributed by atoms with van der Waals surface area (Å²) in [6, 6.07) is 9.59. The average molecular weight is 247 g/mol. The van der Waals surface area contributed by atoms with Gasteiger partial charge in [-0.25, -0.2) is 14.4 Å². The number of nitrogens with one attached hydrogen (secondary N) is 1. The van der Waals surface area contributed by atoms with Crippen LogP contribution in [0.2, 0.25) is 0 Å². The fraction of sp³-hybridized carbons (Fsp3) is 0.231. The number of rotatable bonds is 5. The topological polar surface area (TPSA) is 58.0 Å². The molecule has 1 atom stereocenters. The number of hydrogen-bond donors (Lipinski definition) is 2. The van der Waals surface area contributed by atoms with Crippen LogP contribution in [0.15, 0.2) is 42.7 Å². The zero-order valence-electron chi connectivity index (χ0n) is 9.75. The van der Waals surface area contributed by atoms with Crippen molar-refractivity contribution in [3.8, 4) is 0 Å². The van der Waals surface area contributed by atoms with Crippen LogP contribution in [-0.2, 0) is 6.42 Å². The van der Waals surface area contributed by atoms with Crippen molar-refractivity contribution in [2.24, 2.45) is 0 Å². The summed E-state index contributed by atoms with van der Waals surface area (Å²) in [5.41, 5.74) is 1.10. The van der Waals surface area contributed by atoms with E-state index in [0.717, 1.165) is 18.0 Å². The highest BCUT2D eigenvalue weighted by molar-refractivity contribution is 5.26. The summed E-state index contributed by atoms with van der Waals surface area (Å²) in [6.45, 7) is -0.0460. The van der Waals surface area contributed by atoms with Crippen molar-refractivity contribution in [1.82, 2.24) is 9.97 Å². The minimum absolute atomic E-state index is 0.0460. The third kappa shape index (κ3) is 3.49. The van der Waals surface area contributed by atoms with E-state index in [9.17, 15) is 9.50 Å². The highest BCUT2D eigenvalue weighted by Gasteiger charge is 2.09. The number of anilines is 1. The number of halogens is 1. The third-order valence-corrected chi connectivity index (χ3v) is 2.50. The number of nitrogens with zero attached hydrogens (tertiary/aromatic N) is 2. The second-order valence-corrected chi connectivity index (χ2v) is 3.94. The van der Waals surface area contributed by atoms with Crippen molar-refractivity contribution in [2.75, 3.05) is 11.9 Å². The predicted octanol–water partition coefficient (Wildman–Crippen LogP) is 1.63. The summed E-state index contributed by atoms with van der Waals surface area (Å²) in [7, 11) is 0. The van der Waals surface area contributed by atoms with Crippen LogP contribution in [0.3, 0.4) is 0 Å². The molecule has 94 valence electrons. The standard InChI is InChI=1S/C13H14FN3O/c14-11-7-15-13(16-8-11)17-12(9-18)6-10-4-2-1-3-5-10/h1-5,7-8,12,18H,6,9H2,(H,15,16,17). The number of aliphatic hydroxyl groups excluding tert-OH is 1. The minimum atomic E-state index is -0.482. The normalized spacial score (nSPS) is 12.1. The summed E-state index contributed by atoms with van der Waals surface area (Å²) >= 11 is 0. The van der Waals surface area contributed by atoms with Gasteiger partial charge in [-0.1, -0.05) is 30.3 Å². The Balaban J connectivity index is 1.99. The van der Waals surface area contributed by atoms with E-state index in [0.29, 0.717) is 12.4 Å². The van der Waals surface area contributed by atoms with Gasteiger partial charge in [-0.3, -0.25) is 0 Å². The quantitative estimate of drug-likeness (QED) is 0.843. The number of hydrogen-bond acceptors (Lipinski definition) is 4. The van der Waals surface area contributed by atoms with Crippen LogP contribution in [0.1, 0.15) is 5.56 Å². The molecule has 0 fully saturated rings. The lowest BCUT2D eigenvalue weighted by atomic mass is 10.1. The summed E-state index contributed by atoms with van der Waals surface area (Å²) < 4.78 is 12.7. The first-order chi connectivity index (χ1) is 8.78. The monoisotopic (exact) mass is 247 g/mol. The molecule has 1 aromatic carbocycles. The molecule has 18 heavy (non-hydrogen) atoms. The molecule has 0 aliphatic carbocycles. The van der Waals surface area contributed by atoms with Crippen LogP contribution in [-0.4, -0.2) is 27.7 Å². The number of aromatic nitrogens is 2. The van der Waals surface area contributed by atoms with Crippen LogP contribution in [0.25, 0.3) is 0 Å². The molecule has 0 spiro atoms. The van der Waals surface area contributed by atoms with Gasteiger partial charge in [-0.15, -0.1) is 0 Å². The van der Waals surface area contributed by atoms with E-state index in [4.69, 9.17) is 0 Å². The fourth-order valence-corrected chi connectivity index (χ4v) is 1.63. The molecule has 0 saturated heterocycles. The molecule has 2 aromatic rings. The van der Waals surface area contributed by atoms with Gasteiger partial charge in [0, 0.05) is 0 Å². The first-order valence-electron chi connectivity index (χ1n) is 5.67. The Kier molecular flexibility index (Phi) is 4.20. The van der Waals surface area contributed by atoms with Crippen LogP contribution in [0.5, 0.6) is 0 Å². The number of aliphatic hydroxyl groups is 1. The molecular weight excluding hydrogens is 233 g/mol. The van der Waals surface area contributed by atoms with Gasteiger partial charge in [-0.2, -0.15) is 0 Å². The largest absolute Gasteiger partial charge is 0.394 e. The molecule has 0 saturated carbocycles. The van der Waals surface area contributed by atoms with E-state index >= 15 is 0 Å². The van der Waals surface area contributed by atoms with Crippen molar-refractivity contribution in [3.63, 3.8) is 0 Å². The molecule has 0 bridgehead atoms. The SMILES string of the molecule is OCC(Cc1ccccc1)Nc1ncc(F)cn1. The van der Waals surface area contributed by atoms with Crippen LogP contribution in [0, 0.1) is 5.82 Å². The Morgan fingerprint density at radius 3 is 2.44 bits per heavy atom. The van der Waals surface area contributed by atoms with E-state index in [2.05, 4.69) is 15.3 Å².